The Kier molecular flexibility index (Phi) is 4.30. The fourth-order valence-electron chi connectivity index (χ4n) is 1.82. The van der Waals surface area contributed by atoms with E-state index >= 15 is 0 Å². The van der Waals surface area contributed by atoms with Gasteiger partial charge in [0.15, 0.2) is 16.5 Å². The summed E-state index contributed by atoms with van der Waals surface area (Å²) in [5, 5.41) is 14.1. The Morgan fingerprint density at radius 2 is 2.33 bits per heavy atom. The molecule has 21 heavy (non-hydrogen) atoms. The van der Waals surface area contributed by atoms with E-state index < -0.39 is 22.0 Å². The monoisotopic (exact) mass is 331 g/mol. The van der Waals surface area contributed by atoms with Crippen LogP contribution in [0.2, 0.25) is 0 Å². The molecule has 8 nitrogen and oxygen atoms in total. The summed E-state index contributed by atoms with van der Waals surface area (Å²) in [4.78, 5) is 11.2. The normalized spacial score (nSPS) is 13.2. The van der Waals surface area contributed by atoms with Gasteiger partial charge in [-0.25, -0.2) is 13.1 Å². The van der Waals surface area contributed by atoms with E-state index in [0.717, 1.165) is 0 Å². The van der Waals surface area contributed by atoms with Crippen molar-refractivity contribution in [3.05, 3.63) is 28.2 Å². The summed E-state index contributed by atoms with van der Waals surface area (Å²) < 4.78 is 31.7. The lowest BCUT2D eigenvalue weighted by Crippen LogP contribution is -2.30. The number of nitrogens with two attached hydrogens (primary N) is 1. The van der Waals surface area contributed by atoms with Gasteiger partial charge in [0.2, 0.25) is 10.0 Å². The number of hydrogen-bond donors (Lipinski definition) is 3. The molecule has 0 saturated heterocycles. The third kappa shape index (κ3) is 3.40. The van der Waals surface area contributed by atoms with Crippen LogP contribution in [0, 0.1) is 6.92 Å². The van der Waals surface area contributed by atoms with Crippen LogP contribution in [0.15, 0.2) is 26.9 Å². The number of nitrogens with one attached hydrogen (secondary N) is 1. The molecule has 1 unspecified atom stereocenters. The molecular weight excluding hydrogens is 318 g/mol. The minimum atomic E-state index is -4.04. The zero-order chi connectivity index (χ0) is 15.6. The van der Waals surface area contributed by atoms with Gasteiger partial charge < -0.3 is 15.4 Å². The largest absolute Gasteiger partial charge is 0.481 e. The molecule has 0 spiro atoms. The molecule has 10 heteroatoms. The number of rotatable bonds is 6. The van der Waals surface area contributed by atoms with Crippen molar-refractivity contribution in [3.63, 3.8) is 0 Å². The Hall–Kier alpha value is -1.91. The summed E-state index contributed by atoms with van der Waals surface area (Å²) in [5.74, 6) is -1.34. The molecule has 0 aromatic carbocycles. The number of carboxylic acid groups (broad SMARTS) is 1. The van der Waals surface area contributed by atoms with Gasteiger partial charge >= 0.3 is 5.97 Å². The van der Waals surface area contributed by atoms with Gasteiger partial charge in [-0.2, -0.15) is 0 Å². The highest BCUT2D eigenvalue weighted by Crippen LogP contribution is 2.27. The SMILES string of the molecule is Cc1onc(N)c1S(=O)(=O)NC(CC(=O)O)c1cccs1. The molecular formula is C11H13N3O5S2. The Balaban J connectivity index is 2.34. The van der Waals surface area contributed by atoms with Crippen molar-refractivity contribution in [1.82, 2.24) is 9.88 Å². The van der Waals surface area contributed by atoms with E-state index in [9.17, 15) is 13.2 Å². The standard InChI is InChI=1S/C11H13N3O5S2/c1-6-10(11(12)13-19-6)21(17,18)14-7(5-9(15)16)8-3-2-4-20-8/h2-4,7,14H,5H2,1H3,(H2,12,13)(H,15,16). The molecule has 0 bridgehead atoms. The molecule has 0 amide bonds. The molecule has 2 aromatic rings. The van der Waals surface area contributed by atoms with E-state index in [2.05, 4.69) is 9.88 Å². The number of nitrogens with zero attached hydrogens (tertiary/aromatic N) is 1. The fourth-order valence-corrected chi connectivity index (χ4v) is 4.10. The highest BCUT2D eigenvalue weighted by atomic mass is 32.2. The predicted molar refractivity (Wildman–Crippen MR) is 75.3 cm³/mol. The lowest BCUT2D eigenvalue weighted by atomic mass is 10.2. The molecule has 114 valence electrons. The van der Waals surface area contributed by atoms with E-state index in [1.54, 1.807) is 17.5 Å². The van der Waals surface area contributed by atoms with Gasteiger partial charge in [-0.15, -0.1) is 11.3 Å². The molecule has 2 heterocycles. The van der Waals surface area contributed by atoms with Gasteiger partial charge in [0, 0.05) is 4.88 Å². The van der Waals surface area contributed by atoms with Crippen LogP contribution in [0.5, 0.6) is 0 Å². The second-order valence-corrected chi connectivity index (χ2v) is 6.87. The third-order valence-electron chi connectivity index (χ3n) is 2.66. The Bertz CT molecular complexity index is 717. The lowest BCUT2D eigenvalue weighted by Gasteiger charge is -2.15. The number of carboxylic acids is 1. The summed E-state index contributed by atoms with van der Waals surface area (Å²) in [5.41, 5.74) is 5.49. The molecule has 1 atom stereocenters. The predicted octanol–water partition coefficient (Wildman–Crippen LogP) is 1.12. The van der Waals surface area contributed by atoms with E-state index in [1.165, 1.54) is 18.3 Å². The van der Waals surface area contributed by atoms with Gasteiger partial charge in [0.25, 0.3) is 0 Å². The number of aromatic nitrogens is 1. The molecule has 4 N–H and O–H groups in total. The van der Waals surface area contributed by atoms with Gasteiger partial charge in [0.1, 0.15) is 0 Å². The molecule has 0 saturated carbocycles. The van der Waals surface area contributed by atoms with Crippen LogP contribution in [-0.4, -0.2) is 24.7 Å². The Morgan fingerprint density at radius 1 is 1.62 bits per heavy atom. The maximum Gasteiger partial charge on any atom is 0.305 e. The van der Waals surface area contributed by atoms with Crippen molar-refractivity contribution in [2.45, 2.75) is 24.3 Å². The summed E-state index contributed by atoms with van der Waals surface area (Å²) in [6.45, 7) is 1.41. The number of nitrogen functional groups attached to an aromatic ring is 1. The first-order valence-electron chi connectivity index (χ1n) is 5.80. The fraction of sp³-hybridized carbons (Fsp3) is 0.273. The minimum absolute atomic E-state index is 0.0419. The lowest BCUT2D eigenvalue weighted by molar-refractivity contribution is -0.137. The first kappa shape index (κ1) is 15.5. The van der Waals surface area contributed by atoms with Crippen molar-refractivity contribution in [3.8, 4) is 0 Å². The molecule has 0 aliphatic carbocycles. The van der Waals surface area contributed by atoms with Crippen molar-refractivity contribution in [2.75, 3.05) is 5.73 Å². The van der Waals surface area contributed by atoms with Gasteiger partial charge in [-0.3, -0.25) is 4.79 Å². The number of carbonyl (C=O) groups is 1. The third-order valence-corrected chi connectivity index (χ3v) is 5.28. The average Bonchev–Trinajstić information content (AvgIpc) is 2.97. The van der Waals surface area contributed by atoms with Crippen LogP contribution >= 0.6 is 11.3 Å². The number of anilines is 1. The second kappa shape index (κ2) is 5.84. The van der Waals surface area contributed by atoms with Gasteiger partial charge in [-0.05, 0) is 18.4 Å². The molecule has 0 aliphatic heterocycles. The van der Waals surface area contributed by atoms with Crippen LogP contribution in [0.25, 0.3) is 0 Å². The number of hydrogen-bond acceptors (Lipinski definition) is 7. The molecule has 0 aliphatic rings. The minimum Gasteiger partial charge on any atom is -0.481 e. The zero-order valence-corrected chi connectivity index (χ0v) is 12.6. The van der Waals surface area contributed by atoms with Crippen LogP contribution in [0.1, 0.15) is 23.1 Å². The highest BCUT2D eigenvalue weighted by molar-refractivity contribution is 7.89. The van der Waals surface area contributed by atoms with Crippen LogP contribution in [0.4, 0.5) is 5.82 Å². The summed E-state index contributed by atoms with van der Waals surface area (Å²) in [6, 6.07) is 2.48. The first-order valence-corrected chi connectivity index (χ1v) is 8.17. The average molecular weight is 331 g/mol. The molecule has 0 radical (unpaired) electrons. The van der Waals surface area contributed by atoms with Crippen LogP contribution in [-0.2, 0) is 14.8 Å². The number of aliphatic carboxylic acids is 1. The second-order valence-electron chi connectivity index (χ2n) is 4.24. The number of aryl methyl sites for hydroxylation is 1. The Labute approximate surface area is 124 Å². The summed E-state index contributed by atoms with van der Waals surface area (Å²) >= 11 is 1.26. The van der Waals surface area contributed by atoms with Gasteiger partial charge in [-0.1, -0.05) is 11.2 Å². The molecule has 0 fully saturated rings. The summed E-state index contributed by atoms with van der Waals surface area (Å²) in [7, 11) is -4.04. The van der Waals surface area contributed by atoms with E-state index in [1.807, 2.05) is 0 Å². The quantitative estimate of drug-likeness (QED) is 0.721. The summed E-state index contributed by atoms with van der Waals surface area (Å²) in [6.07, 6.45) is -0.385. The van der Waals surface area contributed by atoms with Crippen molar-refractivity contribution < 1.29 is 22.8 Å². The number of thiophene rings is 1. The smallest absolute Gasteiger partial charge is 0.305 e. The van der Waals surface area contributed by atoms with Crippen LogP contribution < -0.4 is 10.5 Å². The number of sulfonamides is 1. The maximum atomic E-state index is 12.3. The van der Waals surface area contributed by atoms with Crippen LogP contribution in [0.3, 0.4) is 0 Å². The molecule has 2 rings (SSSR count). The Morgan fingerprint density at radius 3 is 2.81 bits per heavy atom. The van der Waals surface area contributed by atoms with Crippen molar-refractivity contribution in [1.29, 1.82) is 0 Å². The van der Waals surface area contributed by atoms with E-state index in [4.69, 9.17) is 15.4 Å². The highest BCUT2D eigenvalue weighted by Gasteiger charge is 2.29. The van der Waals surface area contributed by atoms with E-state index in [-0.39, 0.29) is 22.9 Å². The topological polar surface area (TPSA) is 136 Å². The van der Waals surface area contributed by atoms with E-state index in [0.29, 0.717) is 4.88 Å². The molecule has 2 aromatic heterocycles. The first-order chi connectivity index (χ1) is 9.81. The van der Waals surface area contributed by atoms with Crippen molar-refractivity contribution >= 4 is 33.1 Å². The maximum absolute atomic E-state index is 12.3. The zero-order valence-electron chi connectivity index (χ0n) is 10.9. The van der Waals surface area contributed by atoms with Gasteiger partial charge in [0.05, 0.1) is 12.5 Å². The van der Waals surface area contributed by atoms with Crippen molar-refractivity contribution in [2.24, 2.45) is 0 Å².